The van der Waals surface area contributed by atoms with Gasteiger partial charge >= 0.3 is 0 Å². The first-order chi connectivity index (χ1) is 14.5. The van der Waals surface area contributed by atoms with Crippen LogP contribution < -0.4 is 10.1 Å². The minimum Gasteiger partial charge on any atom is -0.493 e. The van der Waals surface area contributed by atoms with Crippen LogP contribution in [0.15, 0.2) is 48.5 Å². The number of likely N-dealkylation sites (N-methyl/N-ethyl adjacent to an activating group) is 1. The van der Waals surface area contributed by atoms with Gasteiger partial charge in [-0.1, -0.05) is 43.7 Å². The van der Waals surface area contributed by atoms with Crippen molar-refractivity contribution in [1.82, 2.24) is 15.2 Å². The molecule has 1 aromatic heterocycles. The molecular weight excluding hydrogens is 374 g/mol. The van der Waals surface area contributed by atoms with Crippen molar-refractivity contribution >= 4 is 16.8 Å². The first-order valence-electron chi connectivity index (χ1n) is 10.7. The van der Waals surface area contributed by atoms with E-state index in [1.54, 1.807) is 0 Å². The molecule has 158 valence electrons. The van der Waals surface area contributed by atoms with Crippen LogP contribution >= 0.6 is 0 Å². The van der Waals surface area contributed by atoms with Crippen LogP contribution in [0.1, 0.15) is 36.7 Å². The molecule has 2 aromatic carbocycles. The first-order valence-corrected chi connectivity index (χ1v) is 10.7. The van der Waals surface area contributed by atoms with Crippen molar-refractivity contribution in [2.75, 3.05) is 32.8 Å². The van der Waals surface area contributed by atoms with Crippen molar-refractivity contribution in [2.45, 2.75) is 27.7 Å². The highest BCUT2D eigenvalue weighted by Crippen LogP contribution is 2.31. The lowest BCUT2D eigenvalue weighted by molar-refractivity contribution is 0.0949. The van der Waals surface area contributed by atoms with Gasteiger partial charge in [0.05, 0.1) is 17.8 Å². The van der Waals surface area contributed by atoms with Gasteiger partial charge in [0.25, 0.3) is 5.91 Å². The van der Waals surface area contributed by atoms with Crippen LogP contribution in [-0.2, 0) is 0 Å². The Balaban J connectivity index is 1.87. The summed E-state index contributed by atoms with van der Waals surface area (Å²) in [5.41, 5.74) is 4.55. The van der Waals surface area contributed by atoms with E-state index in [1.165, 1.54) is 5.56 Å². The van der Waals surface area contributed by atoms with Crippen molar-refractivity contribution in [3.05, 3.63) is 59.7 Å². The fraction of sp³-hybridized carbons (Fsp3) is 0.360. The molecule has 5 heteroatoms. The normalized spacial score (nSPS) is 11.1. The maximum atomic E-state index is 12.6. The molecular formula is C25H31N3O2. The maximum absolute atomic E-state index is 12.6. The second-order valence-electron chi connectivity index (χ2n) is 7.32. The summed E-state index contributed by atoms with van der Waals surface area (Å²) >= 11 is 0. The molecule has 0 unspecified atom stereocenters. The number of pyridine rings is 1. The Morgan fingerprint density at radius 2 is 1.77 bits per heavy atom. The van der Waals surface area contributed by atoms with Crippen LogP contribution in [0.2, 0.25) is 0 Å². The third-order valence-corrected chi connectivity index (χ3v) is 5.29. The van der Waals surface area contributed by atoms with E-state index in [0.717, 1.165) is 47.5 Å². The van der Waals surface area contributed by atoms with Crippen molar-refractivity contribution in [3.8, 4) is 17.0 Å². The third-order valence-electron chi connectivity index (χ3n) is 5.29. The van der Waals surface area contributed by atoms with Crippen LogP contribution in [0.3, 0.4) is 0 Å². The standard InChI is InChI=1S/C25H31N3O2/c1-5-28(6-2)15-14-26-25(29)20-12-13-22-21(16-20)24(30-7-3)17-23(27-22)19-10-8-18(4)9-11-19/h8-13,16-17H,5-7,14-15H2,1-4H3,(H,26,29). The fourth-order valence-electron chi connectivity index (χ4n) is 3.45. The number of hydrogen-bond donors (Lipinski definition) is 1. The molecule has 1 heterocycles. The van der Waals surface area contributed by atoms with Crippen molar-refractivity contribution < 1.29 is 9.53 Å². The van der Waals surface area contributed by atoms with E-state index in [2.05, 4.69) is 55.3 Å². The van der Waals surface area contributed by atoms with Crippen LogP contribution in [0, 0.1) is 6.92 Å². The van der Waals surface area contributed by atoms with Crippen LogP contribution in [-0.4, -0.2) is 48.6 Å². The number of hydrogen-bond acceptors (Lipinski definition) is 4. The summed E-state index contributed by atoms with van der Waals surface area (Å²) in [7, 11) is 0. The largest absolute Gasteiger partial charge is 0.493 e. The maximum Gasteiger partial charge on any atom is 0.251 e. The molecule has 5 nitrogen and oxygen atoms in total. The van der Waals surface area contributed by atoms with Gasteiger partial charge in [-0.15, -0.1) is 0 Å². The number of nitrogens with zero attached hydrogens (tertiary/aromatic N) is 2. The van der Waals surface area contributed by atoms with Gasteiger partial charge in [0, 0.05) is 35.7 Å². The van der Waals surface area contributed by atoms with E-state index in [9.17, 15) is 4.79 Å². The zero-order valence-corrected chi connectivity index (χ0v) is 18.4. The molecule has 0 aliphatic rings. The van der Waals surface area contributed by atoms with Crippen LogP contribution in [0.25, 0.3) is 22.2 Å². The molecule has 0 saturated carbocycles. The number of carbonyl (C=O) groups excluding carboxylic acids is 1. The molecule has 0 bridgehead atoms. The van der Waals surface area contributed by atoms with Gasteiger partial charge in [0.15, 0.2) is 0 Å². The van der Waals surface area contributed by atoms with Crippen LogP contribution in [0.4, 0.5) is 0 Å². The van der Waals surface area contributed by atoms with E-state index in [4.69, 9.17) is 9.72 Å². The summed E-state index contributed by atoms with van der Waals surface area (Å²) in [6, 6.07) is 15.8. The van der Waals surface area contributed by atoms with Gasteiger partial charge in [-0.05, 0) is 45.1 Å². The van der Waals surface area contributed by atoms with Gasteiger partial charge in [-0.2, -0.15) is 0 Å². The second-order valence-corrected chi connectivity index (χ2v) is 7.32. The average molecular weight is 406 g/mol. The summed E-state index contributed by atoms with van der Waals surface area (Å²) in [5.74, 6) is 0.671. The Bertz CT molecular complexity index is 995. The summed E-state index contributed by atoms with van der Waals surface area (Å²) in [6.07, 6.45) is 0. The van der Waals surface area contributed by atoms with Crippen molar-refractivity contribution in [1.29, 1.82) is 0 Å². The minimum atomic E-state index is -0.0749. The third kappa shape index (κ3) is 5.16. The van der Waals surface area contributed by atoms with Crippen molar-refractivity contribution in [3.63, 3.8) is 0 Å². The van der Waals surface area contributed by atoms with Gasteiger partial charge in [-0.3, -0.25) is 4.79 Å². The lowest BCUT2D eigenvalue weighted by Crippen LogP contribution is -2.34. The van der Waals surface area contributed by atoms with E-state index in [-0.39, 0.29) is 5.91 Å². The predicted molar refractivity (Wildman–Crippen MR) is 123 cm³/mol. The average Bonchev–Trinajstić information content (AvgIpc) is 2.77. The molecule has 30 heavy (non-hydrogen) atoms. The molecule has 0 fully saturated rings. The highest BCUT2D eigenvalue weighted by Gasteiger charge is 2.13. The van der Waals surface area contributed by atoms with Gasteiger partial charge in [0.1, 0.15) is 5.75 Å². The number of carbonyl (C=O) groups is 1. The van der Waals surface area contributed by atoms with E-state index in [1.807, 2.05) is 31.2 Å². The number of amides is 1. The molecule has 0 spiro atoms. The zero-order chi connectivity index (χ0) is 21.5. The fourth-order valence-corrected chi connectivity index (χ4v) is 3.45. The quantitative estimate of drug-likeness (QED) is 0.562. The van der Waals surface area contributed by atoms with Crippen LogP contribution in [0.5, 0.6) is 5.75 Å². The lowest BCUT2D eigenvalue weighted by atomic mass is 10.1. The predicted octanol–water partition coefficient (Wildman–Crippen LogP) is 4.68. The lowest BCUT2D eigenvalue weighted by Gasteiger charge is -2.18. The number of benzene rings is 2. The minimum absolute atomic E-state index is 0.0749. The molecule has 3 aromatic rings. The Morgan fingerprint density at radius 1 is 1.03 bits per heavy atom. The van der Waals surface area contributed by atoms with E-state index < -0.39 is 0 Å². The molecule has 0 saturated heterocycles. The van der Waals surface area contributed by atoms with Gasteiger partial charge < -0.3 is 15.0 Å². The SMILES string of the molecule is CCOc1cc(-c2ccc(C)cc2)nc2ccc(C(=O)NCCN(CC)CC)cc12. The Kier molecular flexibility index (Phi) is 7.41. The molecule has 0 atom stereocenters. The molecule has 0 aliphatic heterocycles. The van der Waals surface area contributed by atoms with E-state index in [0.29, 0.717) is 18.7 Å². The number of aromatic nitrogens is 1. The van der Waals surface area contributed by atoms with Crippen molar-refractivity contribution in [2.24, 2.45) is 0 Å². The van der Waals surface area contributed by atoms with Gasteiger partial charge in [-0.25, -0.2) is 4.98 Å². The second kappa shape index (κ2) is 10.2. The number of rotatable bonds is 9. The highest BCUT2D eigenvalue weighted by atomic mass is 16.5. The summed E-state index contributed by atoms with van der Waals surface area (Å²) in [5, 5.41) is 3.87. The molecule has 0 aliphatic carbocycles. The van der Waals surface area contributed by atoms with Gasteiger partial charge in [0.2, 0.25) is 0 Å². The Morgan fingerprint density at radius 3 is 2.43 bits per heavy atom. The topological polar surface area (TPSA) is 54.5 Å². The summed E-state index contributed by atoms with van der Waals surface area (Å²) < 4.78 is 5.90. The molecule has 1 amide bonds. The molecule has 3 rings (SSSR count). The Labute approximate surface area is 179 Å². The first kappa shape index (κ1) is 21.8. The zero-order valence-electron chi connectivity index (χ0n) is 18.4. The number of ether oxygens (including phenoxy) is 1. The molecule has 0 radical (unpaired) electrons. The smallest absolute Gasteiger partial charge is 0.251 e. The highest BCUT2D eigenvalue weighted by molar-refractivity contribution is 5.99. The number of fused-ring (bicyclic) bond motifs is 1. The Hall–Kier alpha value is -2.92. The van der Waals surface area contributed by atoms with E-state index >= 15 is 0 Å². The monoisotopic (exact) mass is 405 g/mol. The summed E-state index contributed by atoms with van der Waals surface area (Å²) in [6.45, 7) is 12.3. The number of aryl methyl sites for hydroxylation is 1. The molecule has 1 N–H and O–H groups in total. The number of nitrogens with one attached hydrogen (secondary N) is 1. The summed E-state index contributed by atoms with van der Waals surface area (Å²) in [4.78, 5) is 19.7.